The minimum absolute atomic E-state index is 0.137. The quantitative estimate of drug-likeness (QED) is 0.796. The van der Waals surface area contributed by atoms with Crippen molar-refractivity contribution in [3.63, 3.8) is 0 Å². The van der Waals surface area contributed by atoms with E-state index in [0.29, 0.717) is 17.9 Å². The number of carbonyl (C=O) groups excluding carboxylic acids is 2. The third kappa shape index (κ3) is 5.09. The highest BCUT2D eigenvalue weighted by Gasteiger charge is 2.14. The first-order valence-electron chi connectivity index (χ1n) is 7.50. The van der Waals surface area contributed by atoms with E-state index >= 15 is 0 Å². The molecule has 2 aromatic rings. The van der Waals surface area contributed by atoms with Crippen LogP contribution in [0.15, 0.2) is 53.0 Å². The highest BCUT2D eigenvalue weighted by atomic mass is 79.9. The van der Waals surface area contributed by atoms with Crippen LogP contribution in [0.2, 0.25) is 0 Å². The summed E-state index contributed by atoms with van der Waals surface area (Å²) < 4.78 is 6.55. The fourth-order valence-electron chi connectivity index (χ4n) is 2.02. The van der Waals surface area contributed by atoms with Crippen LogP contribution in [0.3, 0.4) is 0 Å². The first kappa shape index (κ1) is 18.0. The molecule has 0 aliphatic rings. The van der Waals surface area contributed by atoms with Crippen LogP contribution in [0, 0.1) is 0 Å². The Morgan fingerprint density at radius 2 is 1.71 bits per heavy atom. The van der Waals surface area contributed by atoms with Gasteiger partial charge in [0.1, 0.15) is 5.75 Å². The summed E-state index contributed by atoms with van der Waals surface area (Å²) in [5, 5.41) is 5.38. The molecule has 0 saturated heterocycles. The van der Waals surface area contributed by atoms with Crippen LogP contribution in [0.25, 0.3) is 0 Å². The summed E-state index contributed by atoms with van der Waals surface area (Å²) >= 11 is 3.35. The summed E-state index contributed by atoms with van der Waals surface area (Å²) in [6.45, 7) is 2.08. The maximum atomic E-state index is 12.1. The van der Waals surface area contributed by atoms with Gasteiger partial charge in [-0.05, 0) is 48.9 Å². The van der Waals surface area contributed by atoms with Gasteiger partial charge >= 0.3 is 0 Å². The molecular weight excluding hydrogens is 372 g/mol. The van der Waals surface area contributed by atoms with Crippen LogP contribution in [-0.2, 0) is 11.3 Å². The van der Waals surface area contributed by atoms with E-state index < -0.39 is 6.10 Å². The number of nitrogens with one attached hydrogen (secondary N) is 2. The number of rotatable bonds is 6. The van der Waals surface area contributed by atoms with E-state index in [4.69, 9.17) is 4.74 Å². The number of hydrogen-bond donors (Lipinski definition) is 2. The summed E-state index contributed by atoms with van der Waals surface area (Å²) in [6, 6.07) is 14.4. The van der Waals surface area contributed by atoms with Gasteiger partial charge in [-0.15, -0.1) is 0 Å². The fourth-order valence-corrected chi connectivity index (χ4v) is 2.29. The lowest BCUT2D eigenvalue weighted by molar-refractivity contribution is -0.127. The largest absolute Gasteiger partial charge is 0.481 e. The molecule has 0 aliphatic carbocycles. The van der Waals surface area contributed by atoms with Crippen LogP contribution in [-0.4, -0.2) is 25.0 Å². The molecule has 126 valence electrons. The van der Waals surface area contributed by atoms with Gasteiger partial charge in [0.2, 0.25) is 0 Å². The average Bonchev–Trinajstić information content (AvgIpc) is 2.61. The van der Waals surface area contributed by atoms with Gasteiger partial charge in [0.05, 0.1) is 0 Å². The van der Waals surface area contributed by atoms with Gasteiger partial charge in [0.15, 0.2) is 6.10 Å². The average molecular weight is 391 g/mol. The van der Waals surface area contributed by atoms with E-state index in [2.05, 4.69) is 26.6 Å². The molecule has 0 spiro atoms. The molecule has 0 radical (unpaired) electrons. The summed E-state index contributed by atoms with van der Waals surface area (Å²) in [6.07, 6.45) is -0.601. The second kappa shape index (κ2) is 8.49. The third-order valence-corrected chi connectivity index (χ3v) is 3.93. The third-order valence-electron chi connectivity index (χ3n) is 3.41. The minimum Gasteiger partial charge on any atom is -0.481 e. The van der Waals surface area contributed by atoms with Crippen molar-refractivity contribution in [3.8, 4) is 5.75 Å². The molecule has 0 fully saturated rings. The number of hydrogen-bond acceptors (Lipinski definition) is 3. The number of ether oxygens (including phenoxy) is 1. The Balaban J connectivity index is 1.85. The van der Waals surface area contributed by atoms with E-state index in [-0.39, 0.29) is 11.8 Å². The highest BCUT2D eigenvalue weighted by molar-refractivity contribution is 9.10. The lowest BCUT2D eigenvalue weighted by atomic mass is 10.1. The molecule has 2 aromatic carbocycles. The lowest BCUT2D eigenvalue weighted by Crippen LogP contribution is -2.35. The molecule has 1 unspecified atom stereocenters. The normalized spacial score (nSPS) is 11.5. The fraction of sp³-hybridized carbons (Fsp3) is 0.222. The lowest BCUT2D eigenvalue weighted by Gasteiger charge is -2.15. The summed E-state index contributed by atoms with van der Waals surface area (Å²) in [7, 11) is 1.59. The van der Waals surface area contributed by atoms with Crippen molar-refractivity contribution in [1.82, 2.24) is 10.6 Å². The van der Waals surface area contributed by atoms with Crippen LogP contribution in [0.4, 0.5) is 0 Å². The Hall–Kier alpha value is -2.34. The van der Waals surface area contributed by atoms with Crippen molar-refractivity contribution in [2.45, 2.75) is 19.6 Å². The summed E-state index contributed by atoms with van der Waals surface area (Å²) in [4.78, 5) is 23.6. The van der Waals surface area contributed by atoms with Crippen LogP contribution in [0.1, 0.15) is 22.8 Å². The first-order chi connectivity index (χ1) is 11.5. The van der Waals surface area contributed by atoms with Gasteiger partial charge in [-0.1, -0.05) is 28.1 Å². The zero-order valence-electron chi connectivity index (χ0n) is 13.5. The Morgan fingerprint density at radius 3 is 2.29 bits per heavy atom. The van der Waals surface area contributed by atoms with Crippen molar-refractivity contribution in [1.29, 1.82) is 0 Å². The molecule has 5 nitrogen and oxygen atoms in total. The van der Waals surface area contributed by atoms with Gasteiger partial charge in [0.25, 0.3) is 11.8 Å². The monoisotopic (exact) mass is 390 g/mol. The number of benzene rings is 2. The van der Waals surface area contributed by atoms with Crippen LogP contribution in [0.5, 0.6) is 5.75 Å². The maximum Gasteiger partial charge on any atom is 0.261 e. The Bertz CT molecular complexity index is 699. The van der Waals surface area contributed by atoms with Gasteiger partial charge in [-0.3, -0.25) is 9.59 Å². The molecule has 24 heavy (non-hydrogen) atoms. The zero-order chi connectivity index (χ0) is 17.5. The highest BCUT2D eigenvalue weighted by Crippen LogP contribution is 2.17. The topological polar surface area (TPSA) is 67.4 Å². The molecule has 0 aromatic heterocycles. The molecule has 2 amide bonds. The van der Waals surface area contributed by atoms with Crippen molar-refractivity contribution < 1.29 is 14.3 Å². The maximum absolute atomic E-state index is 12.1. The van der Waals surface area contributed by atoms with Gasteiger partial charge in [-0.25, -0.2) is 0 Å². The summed E-state index contributed by atoms with van der Waals surface area (Å²) in [5.41, 5.74) is 1.49. The Labute approximate surface area is 149 Å². The number of amides is 2. The minimum atomic E-state index is -0.601. The smallest absolute Gasteiger partial charge is 0.261 e. The van der Waals surface area contributed by atoms with E-state index in [1.165, 1.54) is 0 Å². The molecule has 2 rings (SSSR count). The number of halogens is 1. The molecular formula is C18H19BrN2O3. The molecule has 2 N–H and O–H groups in total. The predicted octanol–water partition coefficient (Wildman–Crippen LogP) is 2.89. The van der Waals surface area contributed by atoms with Crippen molar-refractivity contribution in [2.75, 3.05) is 7.05 Å². The van der Waals surface area contributed by atoms with E-state index in [9.17, 15) is 9.59 Å². The molecule has 0 bridgehead atoms. The van der Waals surface area contributed by atoms with Crippen LogP contribution >= 0.6 is 15.9 Å². The second-order valence-corrected chi connectivity index (χ2v) is 6.12. The molecule has 0 heterocycles. The molecule has 0 saturated carbocycles. The second-order valence-electron chi connectivity index (χ2n) is 5.21. The SMILES string of the molecule is CNC(=O)c1ccc(CNC(=O)C(C)Oc2ccc(Br)cc2)cc1. The van der Waals surface area contributed by atoms with Crippen LogP contribution < -0.4 is 15.4 Å². The number of carbonyl (C=O) groups is 2. The van der Waals surface area contributed by atoms with Gasteiger partial charge in [-0.2, -0.15) is 0 Å². The van der Waals surface area contributed by atoms with Gasteiger partial charge < -0.3 is 15.4 Å². The zero-order valence-corrected chi connectivity index (χ0v) is 15.1. The Kier molecular flexibility index (Phi) is 6.37. The van der Waals surface area contributed by atoms with Crippen molar-refractivity contribution in [2.24, 2.45) is 0 Å². The molecule has 6 heteroatoms. The molecule has 0 aliphatic heterocycles. The van der Waals surface area contributed by atoms with E-state index in [0.717, 1.165) is 10.0 Å². The van der Waals surface area contributed by atoms with Crippen molar-refractivity contribution >= 4 is 27.7 Å². The first-order valence-corrected chi connectivity index (χ1v) is 8.30. The van der Waals surface area contributed by atoms with Crippen molar-refractivity contribution in [3.05, 3.63) is 64.1 Å². The van der Waals surface area contributed by atoms with Gasteiger partial charge in [0, 0.05) is 23.6 Å². The van der Waals surface area contributed by atoms with E-state index in [1.54, 1.807) is 38.2 Å². The Morgan fingerprint density at radius 1 is 1.08 bits per heavy atom. The summed E-state index contributed by atoms with van der Waals surface area (Å²) in [5.74, 6) is 0.297. The van der Waals surface area contributed by atoms with E-state index in [1.807, 2.05) is 24.3 Å². The molecule has 1 atom stereocenters. The standard InChI is InChI=1S/C18H19BrN2O3/c1-12(24-16-9-7-15(19)8-10-16)17(22)21-11-13-3-5-14(6-4-13)18(23)20-2/h3-10,12H,11H2,1-2H3,(H,20,23)(H,21,22). The predicted molar refractivity (Wildman–Crippen MR) is 95.9 cm³/mol.